The smallest absolute Gasteiger partial charge is 0.418 e. The Hall–Kier alpha value is -2.65. The van der Waals surface area contributed by atoms with E-state index in [0.717, 1.165) is 19.2 Å². The van der Waals surface area contributed by atoms with Gasteiger partial charge in [0.2, 0.25) is 5.91 Å². The van der Waals surface area contributed by atoms with E-state index >= 15 is 0 Å². The van der Waals surface area contributed by atoms with Crippen LogP contribution in [-0.2, 0) is 17.4 Å². The third-order valence-electron chi connectivity index (χ3n) is 5.68. The Kier molecular flexibility index (Phi) is 6.90. The van der Waals surface area contributed by atoms with Gasteiger partial charge in [0.05, 0.1) is 35.9 Å². The zero-order chi connectivity index (χ0) is 23.6. The average Bonchev–Trinajstić information content (AvgIpc) is 3.00. The Balaban J connectivity index is 1.51. The lowest BCUT2D eigenvalue weighted by Crippen LogP contribution is -2.44. The van der Waals surface area contributed by atoms with Crippen molar-refractivity contribution >= 4 is 28.9 Å². The second-order valence-corrected chi connectivity index (χ2v) is 8.61. The number of carbonyl (C=O) groups excluding carboxylic acids is 1. The Morgan fingerprint density at radius 1 is 1.09 bits per heavy atom. The standard InChI is InChI=1S/C23H25ClF3N3O3/c1-29-5-7-30(8-6-29)16-3-4-19(17(14-16)23(25,26)27)28-21(31)13-15-11-18(24)22-20(12-15)32-9-2-10-33-22/h3-4,11-12,14H,2,5-10,13H2,1H3,(H,28,31). The molecule has 0 radical (unpaired) electrons. The number of carbonyl (C=O) groups is 1. The summed E-state index contributed by atoms with van der Waals surface area (Å²) in [5, 5.41) is 2.71. The molecule has 6 nitrogen and oxygen atoms in total. The summed E-state index contributed by atoms with van der Waals surface area (Å²) in [7, 11) is 1.98. The normalized spacial score (nSPS) is 16.9. The van der Waals surface area contributed by atoms with Crippen molar-refractivity contribution in [2.24, 2.45) is 0 Å². The van der Waals surface area contributed by atoms with Crippen molar-refractivity contribution in [3.8, 4) is 11.5 Å². The van der Waals surface area contributed by atoms with Crippen molar-refractivity contribution in [1.29, 1.82) is 0 Å². The number of rotatable bonds is 4. The van der Waals surface area contributed by atoms with Crippen molar-refractivity contribution in [1.82, 2.24) is 4.90 Å². The van der Waals surface area contributed by atoms with Gasteiger partial charge in [-0.25, -0.2) is 0 Å². The lowest BCUT2D eigenvalue weighted by molar-refractivity contribution is -0.136. The van der Waals surface area contributed by atoms with Gasteiger partial charge in [-0.05, 0) is 42.9 Å². The van der Waals surface area contributed by atoms with Crippen molar-refractivity contribution in [2.75, 3.05) is 56.7 Å². The molecule has 0 atom stereocenters. The predicted octanol–water partition coefficient (Wildman–Crippen LogP) is 4.45. The fourth-order valence-corrected chi connectivity index (χ4v) is 4.19. The molecule has 0 unspecified atom stereocenters. The van der Waals surface area contributed by atoms with E-state index < -0.39 is 17.6 Å². The summed E-state index contributed by atoms with van der Waals surface area (Å²) in [4.78, 5) is 16.7. The van der Waals surface area contributed by atoms with Crippen LogP contribution in [0.4, 0.5) is 24.5 Å². The van der Waals surface area contributed by atoms with Gasteiger partial charge in [-0.1, -0.05) is 11.6 Å². The van der Waals surface area contributed by atoms with E-state index in [9.17, 15) is 18.0 Å². The number of nitrogens with zero attached hydrogens (tertiary/aromatic N) is 2. The number of likely N-dealkylation sites (N-methyl/N-ethyl adjacent to an activating group) is 1. The number of alkyl halides is 3. The number of fused-ring (bicyclic) bond motifs is 1. The average molecular weight is 484 g/mol. The summed E-state index contributed by atoms with van der Waals surface area (Å²) < 4.78 is 52.5. The van der Waals surface area contributed by atoms with Crippen LogP contribution >= 0.6 is 11.6 Å². The quantitative estimate of drug-likeness (QED) is 0.696. The van der Waals surface area contributed by atoms with Crippen LogP contribution in [0.1, 0.15) is 17.5 Å². The molecule has 0 spiro atoms. The lowest BCUT2D eigenvalue weighted by atomic mass is 10.1. The molecule has 1 N–H and O–H groups in total. The molecule has 0 aliphatic carbocycles. The highest BCUT2D eigenvalue weighted by Gasteiger charge is 2.35. The first-order valence-electron chi connectivity index (χ1n) is 10.7. The maximum Gasteiger partial charge on any atom is 0.418 e. The number of amides is 1. The highest BCUT2D eigenvalue weighted by molar-refractivity contribution is 6.32. The molecular formula is C23H25ClF3N3O3. The SMILES string of the molecule is CN1CCN(c2ccc(NC(=O)Cc3cc(Cl)c4c(c3)OCCCO4)c(C(F)(F)F)c2)CC1. The number of ether oxygens (including phenoxy) is 2. The monoisotopic (exact) mass is 483 g/mol. The van der Waals surface area contributed by atoms with Crippen LogP contribution in [0.25, 0.3) is 0 Å². The van der Waals surface area contributed by atoms with E-state index in [1.165, 1.54) is 6.07 Å². The molecule has 2 aromatic rings. The Morgan fingerprint density at radius 3 is 2.55 bits per heavy atom. The molecule has 2 heterocycles. The number of hydrogen-bond acceptors (Lipinski definition) is 5. The predicted molar refractivity (Wildman–Crippen MR) is 121 cm³/mol. The van der Waals surface area contributed by atoms with Crippen molar-refractivity contribution in [2.45, 2.75) is 19.0 Å². The number of nitrogens with one attached hydrogen (secondary N) is 1. The van der Waals surface area contributed by atoms with Gasteiger partial charge in [0.15, 0.2) is 11.5 Å². The summed E-state index contributed by atoms with van der Waals surface area (Å²) in [6.45, 7) is 3.76. The van der Waals surface area contributed by atoms with Gasteiger partial charge in [0.1, 0.15) is 0 Å². The minimum absolute atomic E-state index is 0.159. The number of hydrogen-bond donors (Lipinski definition) is 1. The molecule has 0 bridgehead atoms. The number of halogens is 4. The van der Waals surface area contributed by atoms with Crippen LogP contribution in [0.5, 0.6) is 11.5 Å². The molecule has 33 heavy (non-hydrogen) atoms. The van der Waals surface area contributed by atoms with Gasteiger partial charge >= 0.3 is 6.18 Å². The van der Waals surface area contributed by atoms with E-state index in [-0.39, 0.29) is 12.1 Å². The molecular weight excluding hydrogens is 459 g/mol. The van der Waals surface area contributed by atoms with Gasteiger partial charge in [0, 0.05) is 38.3 Å². The van der Waals surface area contributed by atoms with Gasteiger partial charge < -0.3 is 24.6 Å². The first kappa shape index (κ1) is 23.5. The second kappa shape index (κ2) is 9.69. The molecule has 0 aromatic heterocycles. The largest absolute Gasteiger partial charge is 0.489 e. The number of piperazine rings is 1. The topological polar surface area (TPSA) is 54.0 Å². The molecule has 1 saturated heterocycles. The van der Waals surface area contributed by atoms with E-state index in [0.29, 0.717) is 60.5 Å². The lowest BCUT2D eigenvalue weighted by Gasteiger charge is -2.34. The Bertz CT molecular complexity index is 1020. The zero-order valence-corrected chi connectivity index (χ0v) is 18.9. The maximum atomic E-state index is 13.8. The Morgan fingerprint density at radius 2 is 1.82 bits per heavy atom. The molecule has 2 aromatic carbocycles. The summed E-state index contributed by atoms with van der Waals surface area (Å²) in [6.07, 6.45) is -4.07. The highest BCUT2D eigenvalue weighted by Crippen LogP contribution is 2.39. The molecule has 10 heteroatoms. The zero-order valence-electron chi connectivity index (χ0n) is 18.2. The summed E-state index contributed by atoms with van der Waals surface area (Å²) in [5.74, 6) is 0.255. The van der Waals surface area contributed by atoms with Crippen LogP contribution in [0.15, 0.2) is 30.3 Å². The van der Waals surface area contributed by atoms with E-state index in [1.54, 1.807) is 18.2 Å². The summed E-state index contributed by atoms with van der Waals surface area (Å²) >= 11 is 6.26. The molecule has 2 aliphatic heterocycles. The fraction of sp³-hybridized carbons (Fsp3) is 0.435. The number of anilines is 2. The van der Waals surface area contributed by atoms with Crippen LogP contribution in [-0.4, -0.2) is 57.2 Å². The van der Waals surface area contributed by atoms with E-state index in [4.69, 9.17) is 21.1 Å². The molecule has 2 aliphatic rings. The Labute approximate surface area is 195 Å². The van der Waals surface area contributed by atoms with Crippen molar-refractivity contribution in [3.63, 3.8) is 0 Å². The van der Waals surface area contributed by atoms with Crippen molar-refractivity contribution in [3.05, 3.63) is 46.5 Å². The van der Waals surface area contributed by atoms with Gasteiger partial charge in [-0.2, -0.15) is 13.2 Å². The first-order chi connectivity index (χ1) is 15.7. The third-order valence-corrected chi connectivity index (χ3v) is 5.96. The maximum absolute atomic E-state index is 13.8. The second-order valence-electron chi connectivity index (χ2n) is 8.20. The van der Waals surface area contributed by atoms with Gasteiger partial charge in [0.25, 0.3) is 0 Å². The number of benzene rings is 2. The molecule has 0 saturated carbocycles. The summed E-state index contributed by atoms with van der Waals surface area (Å²) in [6, 6.07) is 7.23. The van der Waals surface area contributed by atoms with E-state index in [1.807, 2.05) is 11.9 Å². The third kappa shape index (κ3) is 5.65. The van der Waals surface area contributed by atoms with Gasteiger partial charge in [-0.15, -0.1) is 0 Å². The van der Waals surface area contributed by atoms with E-state index in [2.05, 4.69) is 10.2 Å². The van der Waals surface area contributed by atoms with Crippen LogP contribution in [0, 0.1) is 0 Å². The molecule has 178 valence electrons. The highest BCUT2D eigenvalue weighted by atomic mass is 35.5. The van der Waals surface area contributed by atoms with Crippen LogP contribution in [0.2, 0.25) is 5.02 Å². The fourth-order valence-electron chi connectivity index (χ4n) is 3.90. The molecule has 1 amide bonds. The van der Waals surface area contributed by atoms with Crippen LogP contribution < -0.4 is 19.7 Å². The molecule has 1 fully saturated rings. The van der Waals surface area contributed by atoms with Crippen molar-refractivity contribution < 1.29 is 27.4 Å². The first-order valence-corrected chi connectivity index (χ1v) is 11.1. The minimum atomic E-state index is -4.61. The van der Waals surface area contributed by atoms with Crippen LogP contribution in [0.3, 0.4) is 0 Å². The molecule has 4 rings (SSSR count). The van der Waals surface area contributed by atoms with Gasteiger partial charge in [-0.3, -0.25) is 4.79 Å². The minimum Gasteiger partial charge on any atom is -0.489 e. The summed E-state index contributed by atoms with van der Waals surface area (Å²) in [5.41, 5.74) is -0.137.